The summed E-state index contributed by atoms with van der Waals surface area (Å²) < 4.78 is 102. The monoisotopic (exact) mass is 650 g/mol. The molecule has 15 nitrogen and oxygen atoms in total. The van der Waals surface area contributed by atoms with E-state index in [0.717, 1.165) is 18.2 Å². The van der Waals surface area contributed by atoms with Crippen molar-refractivity contribution in [3.05, 3.63) is 77.9 Å². The number of hydrogen-bond acceptors (Lipinski definition) is 11. The molecule has 0 saturated carbocycles. The minimum atomic E-state index is -5.23. The second-order valence-corrected chi connectivity index (χ2v) is 13.1. The lowest BCUT2D eigenvalue weighted by Gasteiger charge is -2.15. The molecule has 0 bridgehead atoms. The Hall–Kier alpha value is -4.30. The van der Waals surface area contributed by atoms with Gasteiger partial charge in [0.2, 0.25) is 0 Å². The Morgan fingerprint density at radius 3 is 2.02 bits per heavy atom. The molecule has 0 aliphatic heterocycles. The minimum Gasteiger partial charge on any atom is -0.505 e. The van der Waals surface area contributed by atoms with Crippen molar-refractivity contribution >= 4 is 64.1 Å². The maximum Gasteiger partial charge on any atom is 0.296 e. The Labute approximate surface area is 245 Å². The van der Waals surface area contributed by atoms with Crippen LogP contribution in [0.2, 0.25) is 0 Å². The van der Waals surface area contributed by atoms with E-state index in [0.29, 0.717) is 11.6 Å². The predicted molar refractivity (Wildman–Crippen MR) is 153 cm³/mol. The fourth-order valence-electron chi connectivity index (χ4n) is 4.06. The van der Waals surface area contributed by atoms with E-state index in [1.807, 2.05) is 0 Å². The predicted octanol–water partition coefficient (Wildman–Crippen LogP) is 3.67. The van der Waals surface area contributed by atoms with E-state index >= 15 is 0 Å². The quantitative estimate of drug-likeness (QED) is 0.112. The van der Waals surface area contributed by atoms with E-state index in [9.17, 15) is 48.8 Å². The van der Waals surface area contributed by atoms with Crippen molar-refractivity contribution in [3.63, 3.8) is 0 Å². The maximum absolute atomic E-state index is 12.9. The third-order valence-electron chi connectivity index (χ3n) is 5.92. The zero-order chi connectivity index (χ0) is 31.7. The summed E-state index contributed by atoms with van der Waals surface area (Å²) in [6, 6.07) is 13.4. The number of hydrogen-bond donors (Lipinski definition) is 6. The molecule has 4 rings (SSSR count). The summed E-state index contributed by atoms with van der Waals surface area (Å²) in [4.78, 5) is 10.3. The van der Waals surface area contributed by atoms with Gasteiger partial charge in [0.05, 0.1) is 10.6 Å². The van der Waals surface area contributed by atoms with Gasteiger partial charge in [0.15, 0.2) is 5.75 Å². The number of benzene rings is 4. The van der Waals surface area contributed by atoms with Crippen LogP contribution in [0.1, 0.15) is 15.9 Å². The number of azo groups is 1. The highest BCUT2D eigenvalue weighted by atomic mass is 32.2. The second-order valence-electron chi connectivity index (χ2n) is 8.92. The van der Waals surface area contributed by atoms with Gasteiger partial charge in [-0.1, -0.05) is 24.3 Å². The molecule has 1 amide bonds. The Balaban J connectivity index is 2.03. The van der Waals surface area contributed by atoms with Gasteiger partial charge in [0, 0.05) is 17.5 Å². The molecule has 4 aromatic rings. The Bertz CT molecular complexity index is 2120. The van der Waals surface area contributed by atoms with E-state index in [-0.39, 0.29) is 22.9 Å². The number of carbonyl (C=O) groups excluding carboxylic acids is 1. The molecule has 0 aromatic heterocycles. The molecule has 0 aliphatic rings. The molecule has 6 N–H and O–H groups in total. The van der Waals surface area contributed by atoms with Crippen LogP contribution in [-0.2, 0) is 36.9 Å². The first-order valence-electron chi connectivity index (χ1n) is 11.8. The number of phenolic OH excluding ortho intramolecular Hbond substituents is 1. The fraction of sp³-hybridized carbons (Fsp3) is 0.0800. The highest BCUT2D eigenvalue weighted by Gasteiger charge is 2.26. The van der Waals surface area contributed by atoms with Crippen LogP contribution in [-0.4, -0.2) is 57.0 Å². The fourth-order valence-corrected chi connectivity index (χ4v) is 5.87. The molecule has 0 radical (unpaired) electrons. The number of amides is 1. The summed E-state index contributed by atoms with van der Waals surface area (Å²) in [7, 11) is -13.4. The van der Waals surface area contributed by atoms with E-state index in [1.54, 1.807) is 25.2 Å². The normalized spacial score (nSPS) is 12.6. The highest BCUT2D eigenvalue weighted by Crippen LogP contribution is 2.45. The van der Waals surface area contributed by atoms with Crippen LogP contribution < -0.4 is 10.6 Å². The molecule has 0 atom stereocenters. The van der Waals surface area contributed by atoms with Crippen LogP contribution in [0.3, 0.4) is 0 Å². The molecule has 0 aliphatic carbocycles. The lowest BCUT2D eigenvalue weighted by molar-refractivity contribution is 0.102. The lowest BCUT2D eigenvalue weighted by atomic mass is 10.1. The number of nitrogens with zero attached hydrogens (tertiary/aromatic N) is 2. The number of nitrogens with one attached hydrogen (secondary N) is 2. The average molecular weight is 651 g/mol. The molecule has 0 unspecified atom stereocenters. The van der Waals surface area contributed by atoms with Crippen LogP contribution in [0.25, 0.3) is 10.8 Å². The highest BCUT2D eigenvalue weighted by molar-refractivity contribution is 7.86. The molecular weight excluding hydrogens is 628 g/mol. The largest absolute Gasteiger partial charge is 0.505 e. The van der Waals surface area contributed by atoms with Crippen LogP contribution in [0, 0.1) is 0 Å². The summed E-state index contributed by atoms with van der Waals surface area (Å²) in [6.45, 7) is 0.229. The first-order chi connectivity index (χ1) is 20.0. The number of anilines is 1. The number of rotatable bonds is 9. The molecule has 4 aromatic carbocycles. The first kappa shape index (κ1) is 31.6. The zero-order valence-electron chi connectivity index (χ0n) is 21.8. The molecule has 18 heteroatoms. The third kappa shape index (κ3) is 7.03. The zero-order valence-corrected chi connectivity index (χ0v) is 24.3. The van der Waals surface area contributed by atoms with Gasteiger partial charge in [-0.25, -0.2) is 0 Å². The Morgan fingerprint density at radius 2 is 1.44 bits per heavy atom. The van der Waals surface area contributed by atoms with Crippen LogP contribution in [0.4, 0.5) is 17.1 Å². The lowest BCUT2D eigenvalue weighted by Crippen LogP contribution is -2.13. The summed E-state index contributed by atoms with van der Waals surface area (Å²) in [5.74, 6) is -1.81. The molecule has 0 saturated heterocycles. The molecule has 0 spiro atoms. The number of carbonyl (C=O) groups is 1. The van der Waals surface area contributed by atoms with Crippen molar-refractivity contribution in [1.82, 2.24) is 5.32 Å². The molecule has 0 heterocycles. The molecule has 226 valence electrons. The summed E-state index contributed by atoms with van der Waals surface area (Å²) in [6.07, 6.45) is 0. The van der Waals surface area contributed by atoms with E-state index < -0.39 is 73.8 Å². The van der Waals surface area contributed by atoms with Gasteiger partial charge in [-0.15, -0.1) is 10.2 Å². The average Bonchev–Trinajstić information content (AvgIpc) is 2.91. The summed E-state index contributed by atoms with van der Waals surface area (Å²) in [5.41, 5.74) is -1.21. The van der Waals surface area contributed by atoms with Crippen LogP contribution in [0.5, 0.6) is 5.75 Å². The molecule has 43 heavy (non-hydrogen) atoms. The maximum atomic E-state index is 12.9. The van der Waals surface area contributed by atoms with Crippen LogP contribution >= 0.6 is 0 Å². The van der Waals surface area contributed by atoms with Crippen molar-refractivity contribution in [3.8, 4) is 5.75 Å². The Kier molecular flexibility index (Phi) is 8.65. The van der Waals surface area contributed by atoms with Gasteiger partial charge in [-0.3, -0.25) is 18.5 Å². The van der Waals surface area contributed by atoms with Gasteiger partial charge < -0.3 is 15.7 Å². The summed E-state index contributed by atoms with van der Waals surface area (Å²) >= 11 is 0. The smallest absolute Gasteiger partial charge is 0.296 e. The van der Waals surface area contributed by atoms with Gasteiger partial charge in [-0.05, 0) is 60.5 Å². The van der Waals surface area contributed by atoms with Crippen molar-refractivity contribution < 1.29 is 48.8 Å². The topological polar surface area (TPSA) is 249 Å². The number of fused-ring (bicyclic) bond motifs is 1. The van der Waals surface area contributed by atoms with E-state index in [4.69, 9.17) is 0 Å². The van der Waals surface area contributed by atoms with Gasteiger partial charge in [0.1, 0.15) is 21.2 Å². The van der Waals surface area contributed by atoms with Crippen molar-refractivity contribution in [2.75, 3.05) is 12.4 Å². The van der Waals surface area contributed by atoms with Crippen molar-refractivity contribution in [2.24, 2.45) is 10.2 Å². The van der Waals surface area contributed by atoms with Crippen molar-refractivity contribution in [1.29, 1.82) is 0 Å². The van der Waals surface area contributed by atoms with Gasteiger partial charge in [0.25, 0.3) is 36.3 Å². The number of phenols is 1. The summed E-state index contributed by atoms with van der Waals surface area (Å²) in [5, 5.41) is 23.1. The molecule has 0 fully saturated rings. The van der Waals surface area contributed by atoms with Gasteiger partial charge in [-0.2, -0.15) is 25.3 Å². The standard InChI is InChI=1S/C25H22N4O11S3/c1-26-13-14-7-8-20(42(35,36)37)18(9-14)28-29-23-21(43(38,39)40)11-16-10-17(41(32,33)34)12-19(22(16)24(23)30)27-25(31)15-5-3-2-4-6-15/h2-12,26,30H,13H2,1H3,(H,27,31)(H,32,33,34)(H,35,36,37)(H,38,39,40). The van der Waals surface area contributed by atoms with Gasteiger partial charge >= 0.3 is 0 Å². The van der Waals surface area contributed by atoms with Crippen molar-refractivity contribution in [2.45, 2.75) is 21.2 Å². The SMILES string of the molecule is CNCc1ccc(S(=O)(=O)O)c(N=Nc2c(S(=O)(=O)O)cc3cc(S(=O)(=O)O)cc(NC(=O)c4ccccc4)c3c2O)c1. The second kappa shape index (κ2) is 11.8. The minimum absolute atomic E-state index is 0.112. The first-order valence-corrected chi connectivity index (χ1v) is 16.1. The number of aromatic hydroxyl groups is 1. The Morgan fingerprint density at radius 1 is 0.791 bits per heavy atom. The van der Waals surface area contributed by atoms with Crippen LogP contribution in [0.15, 0.2) is 91.6 Å². The molecular formula is C25H22N4O11S3. The van der Waals surface area contributed by atoms with E-state index in [1.165, 1.54) is 24.3 Å². The van der Waals surface area contributed by atoms with E-state index in [2.05, 4.69) is 20.9 Å². The third-order valence-corrected chi connectivity index (χ3v) is 8.52.